The maximum absolute atomic E-state index is 12.7. The Morgan fingerprint density at radius 1 is 1.23 bits per heavy atom. The molecule has 3 rings (SSSR count). The number of oxazole rings is 1. The highest BCUT2D eigenvalue weighted by atomic mass is 35.5. The van der Waals surface area contributed by atoms with Crippen LogP contribution >= 0.6 is 11.6 Å². The molecule has 0 amide bonds. The van der Waals surface area contributed by atoms with Crippen molar-refractivity contribution in [3.63, 3.8) is 0 Å². The molecule has 0 spiro atoms. The van der Waals surface area contributed by atoms with Gasteiger partial charge in [-0.1, -0.05) is 18.5 Å². The summed E-state index contributed by atoms with van der Waals surface area (Å²) >= 11 is 5.91. The van der Waals surface area contributed by atoms with Crippen LogP contribution in [0.25, 0.3) is 11.1 Å². The van der Waals surface area contributed by atoms with Gasteiger partial charge in [0.05, 0.1) is 18.3 Å². The van der Waals surface area contributed by atoms with Gasteiger partial charge in [-0.15, -0.1) is 0 Å². The standard InChI is InChI=1S/C17H17ClN2O5S/c1-3-8-20-13-6-5-12(10-15(13)25-17(20)21)19-26(22,23)16-9-11(18)4-7-14(16)24-2/h4-7,9-10,19H,3,8H2,1-2H3. The number of benzene rings is 2. The van der Waals surface area contributed by atoms with Crippen molar-refractivity contribution in [3.8, 4) is 5.75 Å². The van der Waals surface area contributed by atoms with Crippen LogP contribution in [-0.4, -0.2) is 20.1 Å². The van der Waals surface area contributed by atoms with Gasteiger partial charge in [0.15, 0.2) is 5.58 Å². The lowest BCUT2D eigenvalue weighted by atomic mass is 10.3. The van der Waals surface area contributed by atoms with Crippen molar-refractivity contribution in [2.75, 3.05) is 11.8 Å². The van der Waals surface area contributed by atoms with Gasteiger partial charge >= 0.3 is 5.76 Å². The number of sulfonamides is 1. The minimum atomic E-state index is -3.95. The van der Waals surface area contributed by atoms with E-state index >= 15 is 0 Å². The molecule has 0 unspecified atom stereocenters. The summed E-state index contributed by atoms with van der Waals surface area (Å²) in [5.74, 6) is -0.304. The van der Waals surface area contributed by atoms with Gasteiger partial charge < -0.3 is 9.15 Å². The van der Waals surface area contributed by atoms with E-state index in [-0.39, 0.29) is 21.4 Å². The Hall–Kier alpha value is -2.45. The fourth-order valence-corrected chi connectivity index (χ4v) is 4.12. The Morgan fingerprint density at radius 2 is 2.00 bits per heavy atom. The number of methoxy groups -OCH3 is 1. The third kappa shape index (κ3) is 3.42. The van der Waals surface area contributed by atoms with Gasteiger partial charge in [0, 0.05) is 17.6 Å². The number of rotatable bonds is 6. The first kappa shape index (κ1) is 18.3. The molecule has 3 aromatic rings. The van der Waals surface area contributed by atoms with Crippen LogP contribution in [0.2, 0.25) is 5.02 Å². The Morgan fingerprint density at radius 3 is 2.69 bits per heavy atom. The summed E-state index contributed by atoms with van der Waals surface area (Å²) in [4.78, 5) is 11.8. The Kier molecular flexibility index (Phi) is 4.97. The van der Waals surface area contributed by atoms with Gasteiger partial charge in [-0.2, -0.15) is 0 Å². The summed E-state index contributed by atoms with van der Waals surface area (Å²) in [5.41, 5.74) is 1.18. The highest BCUT2D eigenvalue weighted by Crippen LogP contribution is 2.29. The highest BCUT2D eigenvalue weighted by Gasteiger charge is 2.21. The lowest BCUT2D eigenvalue weighted by molar-refractivity contribution is 0.403. The molecule has 1 N–H and O–H groups in total. The van der Waals surface area contributed by atoms with Crippen molar-refractivity contribution < 1.29 is 17.6 Å². The lowest BCUT2D eigenvalue weighted by Gasteiger charge is -2.12. The molecule has 138 valence electrons. The summed E-state index contributed by atoms with van der Waals surface area (Å²) in [6.07, 6.45) is 0.775. The average molecular weight is 397 g/mol. The number of aromatic nitrogens is 1. The summed E-state index contributed by atoms with van der Waals surface area (Å²) in [6, 6.07) is 9.00. The third-order valence-electron chi connectivity index (χ3n) is 3.78. The van der Waals surface area contributed by atoms with Crippen LogP contribution < -0.4 is 15.2 Å². The molecule has 0 aliphatic heterocycles. The number of fused-ring (bicyclic) bond motifs is 1. The molecule has 2 aromatic carbocycles. The third-order valence-corrected chi connectivity index (χ3v) is 5.42. The molecule has 0 atom stereocenters. The van der Waals surface area contributed by atoms with E-state index < -0.39 is 15.8 Å². The predicted molar refractivity (Wildman–Crippen MR) is 99.6 cm³/mol. The zero-order valence-electron chi connectivity index (χ0n) is 14.2. The molecular formula is C17H17ClN2O5S. The van der Waals surface area contributed by atoms with Gasteiger partial charge in [0.25, 0.3) is 10.0 Å². The van der Waals surface area contributed by atoms with E-state index in [1.54, 1.807) is 12.1 Å². The quantitative estimate of drug-likeness (QED) is 0.688. The van der Waals surface area contributed by atoms with Crippen molar-refractivity contribution >= 4 is 38.4 Å². The normalized spacial score (nSPS) is 11.7. The topological polar surface area (TPSA) is 90.5 Å². The van der Waals surface area contributed by atoms with E-state index in [4.69, 9.17) is 20.8 Å². The number of ether oxygens (including phenoxy) is 1. The molecule has 7 nitrogen and oxygen atoms in total. The second-order valence-electron chi connectivity index (χ2n) is 5.60. The van der Waals surface area contributed by atoms with Crippen molar-refractivity contribution in [1.29, 1.82) is 0 Å². The minimum Gasteiger partial charge on any atom is -0.495 e. The van der Waals surface area contributed by atoms with Gasteiger partial charge in [-0.3, -0.25) is 9.29 Å². The van der Waals surface area contributed by atoms with Crippen molar-refractivity contribution in [2.24, 2.45) is 0 Å². The first-order chi connectivity index (χ1) is 12.4. The Bertz CT molecular complexity index is 1120. The molecule has 0 saturated carbocycles. The summed E-state index contributed by atoms with van der Waals surface area (Å²) < 4.78 is 39.7. The fourth-order valence-electron chi connectivity index (χ4n) is 2.64. The second kappa shape index (κ2) is 7.05. The van der Waals surface area contributed by atoms with Crippen LogP contribution in [0.15, 0.2) is 50.5 Å². The maximum Gasteiger partial charge on any atom is 0.419 e. The van der Waals surface area contributed by atoms with E-state index in [2.05, 4.69) is 4.72 Å². The van der Waals surface area contributed by atoms with Crippen LogP contribution in [0, 0.1) is 0 Å². The highest BCUT2D eigenvalue weighted by molar-refractivity contribution is 7.92. The zero-order chi connectivity index (χ0) is 18.9. The molecule has 0 aliphatic rings. The molecule has 1 heterocycles. The molecule has 0 saturated heterocycles. The molecular weight excluding hydrogens is 380 g/mol. The van der Waals surface area contributed by atoms with E-state index in [1.807, 2.05) is 6.92 Å². The lowest BCUT2D eigenvalue weighted by Crippen LogP contribution is -2.14. The van der Waals surface area contributed by atoms with E-state index in [1.165, 1.54) is 35.9 Å². The molecule has 0 bridgehead atoms. The van der Waals surface area contributed by atoms with E-state index in [9.17, 15) is 13.2 Å². The monoisotopic (exact) mass is 396 g/mol. The summed E-state index contributed by atoms with van der Waals surface area (Å²) in [6.45, 7) is 2.47. The summed E-state index contributed by atoms with van der Waals surface area (Å²) in [7, 11) is -2.57. The number of halogens is 1. The van der Waals surface area contributed by atoms with Crippen LogP contribution in [0.1, 0.15) is 13.3 Å². The number of nitrogens with one attached hydrogen (secondary N) is 1. The first-order valence-corrected chi connectivity index (χ1v) is 9.71. The number of hydrogen-bond acceptors (Lipinski definition) is 5. The molecule has 0 radical (unpaired) electrons. The zero-order valence-corrected chi connectivity index (χ0v) is 15.7. The van der Waals surface area contributed by atoms with Crippen molar-refractivity contribution in [3.05, 3.63) is 52.0 Å². The molecule has 1 aromatic heterocycles. The maximum atomic E-state index is 12.7. The van der Waals surface area contributed by atoms with Crippen LogP contribution in [0.3, 0.4) is 0 Å². The molecule has 0 fully saturated rings. The van der Waals surface area contributed by atoms with Gasteiger partial charge in [-0.05, 0) is 36.8 Å². The van der Waals surface area contributed by atoms with Crippen LogP contribution in [0.5, 0.6) is 5.75 Å². The minimum absolute atomic E-state index is 0.0856. The molecule has 26 heavy (non-hydrogen) atoms. The molecule has 0 aliphatic carbocycles. The van der Waals surface area contributed by atoms with Crippen molar-refractivity contribution in [1.82, 2.24) is 4.57 Å². The Balaban J connectivity index is 2.00. The number of nitrogens with zero attached hydrogens (tertiary/aromatic N) is 1. The van der Waals surface area contributed by atoms with Crippen molar-refractivity contribution in [2.45, 2.75) is 24.8 Å². The average Bonchev–Trinajstić information content (AvgIpc) is 2.90. The van der Waals surface area contributed by atoms with E-state index in [0.717, 1.165) is 6.42 Å². The van der Waals surface area contributed by atoms with Crippen LogP contribution in [0.4, 0.5) is 5.69 Å². The predicted octanol–water partition coefficient (Wildman–Crippen LogP) is 3.47. The fraction of sp³-hybridized carbons (Fsp3) is 0.235. The first-order valence-electron chi connectivity index (χ1n) is 7.85. The van der Waals surface area contributed by atoms with Gasteiger partial charge in [0.1, 0.15) is 10.6 Å². The number of hydrogen-bond donors (Lipinski definition) is 1. The van der Waals surface area contributed by atoms with E-state index in [0.29, 0.717) is 17.6 Å². The van der Waals surface area contributed by atoms with Gasteiger partial charge in [0.2, 0.25) is 0 Å². The van der Waals surface area contributed by atoms with Crippen LogP contribution in [-0.2, 0) is 16.6 Å². The SMILES string of the molecule is CCCn1c(=O)oc2cc(NS(=O)(=O)c3cc(Cl)ccc3OC)ccc21. The second-order valence-corrected chi connectivity index (χ2v) is 7.69. The number of anilines is 1. The Labute approximate surface area is 155 Å². The molecule has 9 heteroatoms. The summed E-state index contributed by atoms with van der Waals surface area (Å²) in [5, 5.41) is 0.268. The van der Waals surface area contributed by atoms with Gasteiger partial charge in [-0.25, -0.2) is 13.2 Å². The smallest absolute Gasteiger partial charge is 0.419 e. The number of aryl methyl sites for hydroxylation is 1. The largest absolute Gasteiger partial charge is 0.495 e.